The number of hydrogen-bond acceptors (Lipinski definition) is 3. The van der Waals surface area contributed by atoms with E-state index in [0.29, 0.717) is 18.2 Å². The summed E-state index contributed by atoms with van der Waals surface area (Å²) >= 11 is 0. The Morgan fingerprint density at radius 3 is 2.27 bits per heavy atom. The smallest absolute Gasteiger partial charge is 0.316 e. The van der Waals surface area contributed by atoms with Crippen molar-refractivity contribution in [2.24, 2.45) is 5.92 Å². The molecule has 0 spiro atoms. The van der Waals surface area contributed by atoms with Gasteiger partial charge in [0.15, 0.2) is 0 Å². The van der Waals surface area contributed by atoms with Crippen LogP contribution in [0.2, 0.25) is 0 Å². The van der Waals surface area contributed by atoms with E-state index in [2.05, 4.69) is 15.3 Å². The van der Waals surface area contributed by atoms with Crippen molar-refractivity contribution in [3.8, 4) is 0 Å². The molecule has 3 nitrogen and oxygen atoms in total. The lowest BCUT2D eigenvalue weighted by molar-refractivity contribution is -0.138. The molecule has 82 valence electrons. The van der Waals surface area contributed by atoms with Crippen LogP contribution in [0.25, 0.3) is 0 Å². The molecule has 2 heterocycles. The monoisotopic (exact) mass is 217 g/mol. The third kappa shape index (κ3) is 2.44. The molecule has 1 aromatic heterocycles. The molecule has 2 rings (SSSR count). The lowest BCUT2D eigenvalue weighted by Crippen LogP contribution is -2.43. The maximum Gasteiger partial charge on any atom is 0.419 e. The maximum absolute atomic E-state index is 12.2. The Balaban J connectivity index is 2.03. The Labute approximate surface area is 84.7 Å². The topological polar surface area (TPSA) is 37.8 Å². The van der Waals surface area contributed by atoms with Crippen LogP contribution in [0.15, 0.2) is 12.4 Å². The predicted octanol–water partition coefficient (Wildman–Crippen LogP) is 1.26. The Morgan fingerprint density at radius 1 is 1.27 bits per heavy atom. The molecule has 1 aliphatic rings. The minimum Gasteiger partial charge on any atom is -0.316 e. The molecule has 1 aromatic rings. The van der Waals surface area contributed by atoms with Crippen molar-refractivity contribution in [1.82, 2.24) is 15.3 Å². The summed E-state index contributed by atoms with van der Waals surface area (Å²) < 4.78 is 36.5. The second-order valence-electron chi connectivity index (χ2n) is 3.61. The Hall–Kier alpha value is -1.17. The third-order valence-corrected chi connectivity index (χ3v) is 2.37. The zero-order valence-corrected chi connectivity index (χ0v) is 7.88. The highest BCUT2D eigenvalue weighted by molar-refractivity contribution is 5.09. The zero-order chi connectivity index (χ0) is 10.9. The van der Waals surface area contributed by atoms with Crippen LogP contribution >= 0.6 is 0 Å². The molecule has 1 fully saturated rings. The average molecular weight is 217 g/mol. The maximum atomic E-state index is 12.2. The van der Waals surface area contributed by atoms with Gasteiger partial charge in [-0.1, -0.05) is 0 Å². The van der Waals surface area contributed by atoms with Crippen molar-refractivity contribution >= 4 is 0 Å². The van der Waals surface area contributed by atoms with Crippen molar-refractivity contribution in [2.75, 3.05) is 13.1 Å². The average Bonchev–Trinajstić information content (AvgIpc) is 2.11. The van der Waals surface area contributed by atoms with Gasteiger partial charge >= 0.3 is 6.18 Å². The van der Waals surface area contributed by atoms with Crippen LogP contribution in [0.3, 0.4) is 0 Å². The minimum atomic E-state index is -4.35. The van der Waals surface area contributed by atoms with Crippen LogP contribution in [-0.4, -0.2) is 23.1 Å². The molecule has 1 N–H and O–H groups in total. The Morgan fingerprint density at radius 2 is 1.87 bits per heavy atom. The van der Waals surface area contributed by atoms with Crippen LogP contribution in [-0.2, 0) is 12.6 Å². The van der Waals surface area contributed by atoms with Gasteiger partial charge in [0.2, 0.25) is 0 Å². The standard InChI is InChI=1S/C9H10F3N3/c10-9(11,12)7-4-14-8(15-5-7)1-6-2-13-3-6/h4-6,13H,1-3H2. The molecular formula is C9H10F3N3. The van der Waals surface area contributed by atoms with Gasteiger partial charge in [-0.3, -0.25) is 0 Å². The number of nitrogens with zero attached hydrogens (tertiary/aromatic N) is 2. The molecule has 1 aliphatic heterocycles. The summed E-state index contributed by atoms with van der Waals surface area (Å²) in [5.41, 5.74) is -0.794. The minimum absolute atomic E-state index is 0.460. The first kappa shape index (κ1) is 10.4. The van der Waals surface area contributed by atoms with Gasteiger partial charge in [0, 0.05) is 18.8 Å². The normalized spacial score (nSPS) is 17.5. The van der Waals surface area contributed by atoms with Crippen LogP contribution in [0.4, 0.5) is 13.2 Å². The second kappa shape index (κ2) is 3.77. The first-order chi connectivity index (χ1) is 7.05. The van der Waals surface area contributed by atoms with Gasteiger partial charge in [0.1, 0.15) is 5.82 Å². The molecule has 0 bridgehead atoms. The predicted molar refractivity (Wildman–Crippen MR) is 47.1 cm³/mol. The fraction of sp³-hybridized carbons (Fsp3) is 0.556. The summed E-state index contributed by atoms with van der Waals surface area (Å²) in [5.74, 6) is 0.941. The van der Waals surface area contributed by atoms with E-state index in [9.17, 15) is 13.2 Å². The van der Waals surface area contributed by atoms with E-state index >= 15 is 0 Å². The van der Waals surface area contributed by atoms with Gasteiger partial charge in [-0.2, -0.15) is 13.2 Å². The molecule has 0 amide bonds. The van der Waals surface area contributed by atoms with Crippen LogP contribution in [0, 0.1) is 5.92 Å². The molecule has 15 heavy (non-hydrogen) atoms. The van der Waals surface area contributed by atoms with Crippen LogP contribution < -0.4 is 5.32 Å². The third-order valence-electron chi connectivity index (χ3n) is 2.37. The van der Waals surface area contributed by atoms with E-state index in [0.717, 1.165) is 25.5 Å². The lowest BCUT2D eigenvalue weighted by atomic mass is 9.99. The molecule has 0 radical (unpaired) electrons. The number of rotatable bonds is 2. The highest BCUT2D eigenvalue weighted by Gasteiger charge is 2.31. The van der Waals surface area contributed by atoms with Crippen molar-refractivity contribution < 1.29 is 13.2 Å². The van der Waals surface area contributed by atoms with E-state index in [1.165, 1.54) is 0 Å². The van der Waals surface area contributed by atoms with E-state index in [1.807, 2.05) is 0 Å². The Kier molecular flexibility index (Phi) is 2.60. The summed E-state index contributed by atoms with van der Waals surface area (Å²) in [5, 5.41) is 3.08. The van der Waals surface area contributed by atoms with Crippen molar-refractivity contribution in [3.05, 3.63) is 23.8 Å². The molecule has 0 unspecified atom stereocenters. The summed E-state index contributed by atoms with van der Waals surface area (Å²) in [6, 6.07) is 0. The Bertz CT molecular complexity index is 329. The van der Waals surface area contributed by atoms with Gasteiger partial charge < -0.3 is 5.32 Å². The van der Waals surface area contributed by atoms with Gasteiger partial charge in [0.05, 0.1) is 5.56 Å². The van der Waals surface area contributed by atoms with Gasteiger partial charge in [-0.15, -0.1) is 0 Å². The van der Waals surface area contributed by atoms with E-state index in [-0.39, 0.29) is 0 Å². The molecule has 0 saturated carbocycles. The summed E-state index contributed by atoms with van der Waals surface area (Å²) in [6.07, 6.45) is -2.02. The van der Waals surface area contributed by atoms with E-state index in [4.69, 9.17) is 0 Å². The SMILES string of the molecule is FC(F)(F)c1cnc(CC2CNC2)nc1. The first-order valence-electron chi connectivity index (χ1n) is 4.64. The summed E-state index contributed by atoms with van der Waals surface area (Å²) in [7, 11) is 0. The molecule has 0 aromatic carbocycles. The molecular weight excluding hydrogens is 207 g/mol. The first-order valence-corrected chi connectivity index (χ1v) is 4.64. The number of nitrogens with one attached hydrogen (secondary N) is 1. The zero-order valence-electron chi connectivity index (χ0n) is 7.88. The van der Waals surface area contributed by atoms with Crippen molar-refractivity contribution in [3.63, 3.8) is 0 Å². The molecule has 0 atom stereocenters. The fourth-order valence-corrected chi connectivity index (χ4v) is 1.36. The lowest BCUT2D eigenvalue weighted by Gasteiger charge is -2.26. The van der Waals surface area contributed by atoms with E-state index < -0.39 is 11.7 Å². The van der Waals surface area contributed by atoms with Crippen molar-refractivity contribution in [2.45, 2.75) is 12.6 Å². The highest BCUT2D eigenvalue weighted by Crippen LogP contribution is 2.27. The van der Waals surface area contributed by atoms with E-state index in [1.54, 1.807) is 0 Å². The number of alkyl halides is 3. The summed E-state index contributed by atoms with van der Waals surface area (Å²) in [6.45, 7) is 1.79. The van der Waals surface area contributed by atoms with Gasteiger partial charge in [-0.25, -0.2) is 9.97 Å². The molecule has 0 aliphatic carbocycles. The molecule has 6 heteroatoms. The van der Waals surface area contributed by atoms with Crippen LogP contribution in [0.5, 0.6) is 0 Å². The van der Waals surface area contributed by atoms with Crippen molar-refractivity contribution in [1.29, 1.82) is 0 Å². The number of aromatic nitrogens is 2. The van der Waals surface area contributed by atoms with Gasteiger partial charge in [-0.05, 0) is 19.0 Å². The molecule has 1 saturated heterocycles. The fourth-order valence-electron chi connectivity index (χ4n) is 1.36. The van der Waals surface area contributed by atoms with Crippen LogP contribution in [0.1, 0.15) is 11.4 Å². The quantitative estimate of drug-likeness (QED) is 0.810. The largest absolute Gasteiger partial charge is 0.419 e. The number of hydrogen-bond donors (Lipinski definition) is 1. The number of halogens is 3. The van der Waals surface area contributed by atoms with Gasteiger partial charge in [0.25, 0.3) is 0 Å². The highest BCUT2D eigenvalue weighted by atomic mass is 19.4. The summed E-state index contributed by atoms with van der Waals surface area (Å²) in [4.78, 5) is 7.42. The second-order valence-corrected chi connectivity index (χ2v) is 3.61.